The summed E-state index contributed by atoms with van der Waals surface area (Å²) in [6.45, 7) is 0. The zero-order chi connectivity index (χ0) is 3.54. The van der Waals surface area contributed by atoms with Crippen molar-refractivity contribution in [3.05, 3.63) is 10.1 Å². The first-order valence-electron chi connectivity index (χ1n) is 1.34. The van der Waals surface area contributed by atoms with Gasteiger partial charge < -0.3 is 0 Å². The van der Waals surface area contributed by atoms with Crippen molar-refractivity contribution in [2.24, 2.45) is 3.08 Å². The van der Waals surface area contributed by atoms with Crippen LogP contribution in [0.15, 0.2) is 13.2 Å². The van der Waals surface area contributed by atoms with Crippen molar-refractivity contribution in [2.45, 2.75) is 0 Å². The van der Waals surface area contributed by atoms with Crippen LogP contribution in [0.2, 0.25) is 0 Å². The van der Waals surface area contributed by atoms with Crippen molar-refractivity contribution in [3.63, 3.8) is 0 Å². The summed E-state index contributed by atoms with van der Waals surface area (Å²) in [6.07, 6.45) is 1.65. The third-order valence-electron chi connectivity index (χ3n) is 0.347. The van der Waals surface area contributed by atoms with Gasteiger partial charge in [0.05, 0.1) is 0 Å². The van der Waals surface area contributed by atoms with Gasteiger partial charge in [0.15, 0.2) is 0 Å². The summed E-state index contributed by atoms with van der Waals surface area (Å²) in [5.41, 5.74) is 0. The van der Waals surface area contributed by atoms with Crippen molar-refractivity contribution in [1.29, 1.82) is 0 Å². The second kappa shape index (κ2) is 1.60. The Hall–Kier alpha value is 0.210. The molecule has 0 atom stereocenters. The zero-order valence-corrected chi connectivity index (χ0v) is 5.88. The van der Waals surface area contributed by atoms with Gasteiger partial charge in [-0.2, -0.15) is 0 Å². The van der Waals surface area contributed by atoms with E-state index in [0.717, 1.165) is 0 Å². The molecular formula is C2H2InNO. The van der Waals surface area contributed by atoms with Crippen molar-refractivity contribution >= 4 is 22.7 Å². The van der Waals surface area contributed by atoms with Crippen LogP contribution in [-0.4, -0.2) is 22.7 Å². The first-order chi connectivity index (χ1) is 2.50. The molecule has 1 heterocycles. The molecule has 1 aliphatic heterocycles. The molecule has 0 aromatic heterocycles. The average Bonchev–Trinajstić information content (AvgIpc) is 1.76. The maximum atomic E-state index is 4.47. The third kappa shape index (κ3) is 0.758. The van der Waals surface area contributed by atoms with Gasteiger partial charge in [0.1, 0.15) is 0 Å². The van der Waals surface area contributed by atoms with Crippen LogP contribution in [0.3, 0.4) is 0 Å². The van der Waals surface area contributed by atoms with Gasteiger partial charge in [0, 0.05) is 0 Å². The molecule has 0 radical (unpaired) electrons. The van der Waals surface area contributed by atoms with Gasteiger partial charge in [-0.1, -0.05) is 0 Å². The van der Waals surface area contributed by atoms with Crippen LogP contribution in [0.5, 0.6) is 0 Å². The van der Waals surface area contributed by atoms with E-state index in [9.17, 15) is 0 Å². The molecule has 0 saturated carbocycles. The van der Waals surface area contributed by atoms with Crippen LogP contribution in [0, 0.1) is 0 Å². The summed E-state index contributed by atoms with van der Waals surface area (Å²) >= 11 is -0.587. The van der Waals surface area contributed by atoms with Gasteiger partial charge in [-0.25, -0.2) is 0 Å². The number of hydrogen-bond donors (Lipinski definition) is 0. The van der Waals surface area contributed by atoms with Crippen LogP contribution < -0.4 is 0 Å². The SMILES string of the molecule is C1=[CH][In]=[N]O1. The van der Waals surface area contributed by atoms with E-state index in [1.165, 1.54) is 0 Å². The second-order valence-electron chi connectivity index (χ2n) is 0.688. The van der Waals surface area contributed by atoms with Crippen LogP contribution in [-0.2, 0) is 4.84 Å². The molecular weight excluding hydrogens is 169 g/mol. The van der Waals surface area contributed by atoms with Gasteiger partial charge in [0.25, 0.3) is 0 Å². The Morgan fingerprint density at radius 2 is 2.80 bits per heavy atom. The van der Waals surface area contributed by atoms with E-state index < -0.39 is 22.7 Å². The molecule has 0 N–H and O–H groups in total. The Kier molecular flexibility index (Phi) is 1.09. The van der Waals surface area contributed by atoms with Crippen molar-refractivity contribution < 1.29 is 4.84 Å². The summed E-state index contributed by atoms with van der Waals surface area (Å²) in [5, 5.41) is 0. The summed E-state index contributed by atoms with van der Waals surface area (Å²) < 4.78 is 5.70. The summed E-state index contributed by atoms with van der Waals surface area (Å²) in [4.78, 5) is 4.47. The Balaban J connectivity index is 2.61. The van der Waals surface area contributed by atoms with Gasteiger partial charge in [-0.05, 0) is 0 Å². The van der Waals surface area contributed by atoms with E-state index in [4.69, 9.17) is 0 Å². The van der Waals surface area contributed by atoms with Gasteiger partial charge in [0.2, 0.25) is 0 Å². The molecule has 0 unspecified atom stereocenters. The zero-order valence-electron chi connectivity index (χ0n) is 2.59. The molecule has 0 aromatic rings. The van der Waals surface area contributed by atoms with Gasteiger partial charge >= 0.3 is 40.8 Å². The van der Waals surface area contributed by atoms with E-state index in [-0.39, 0.29) is 0 Å². The van der Waals surface area contributed by atoms with Gasteiger partial charge in [-0.3, -0.25) is 0 Å². The maximum absolute atomic E-state index is 4.47. The standard InChI is InChI=1S/C2H2NO.In/c1-2-4-3;/h1-2H;. The minimum absolute atomic E-state index is 0.587. The summed E-state index contributed by atoms with van der Waals surface area (Å²) in [7, 11) is 0. The monoisotopic (exact) mass is 171 g/mol. The van der Waals surface area contributed by atoms with E-state index in [1.807, 2.05) is 3.83 Å². The summed E-state index contributed by atoms with van der Waals surface area (Å²) in [5.74, 6) is 0. The molecule has 0 spiro atoms. The molecule has 5 heavy (non-hydrogen) atoms. The molecule has 0 amide bonds. The molecule has 0 aromatic carbocycles. The Labute approximate surface area is 41.1 Å². The Morgan fingerprint density at radius 1 is 1.80 bits per heavy atom. The summed E-state index contributed by atoms with van der Waals surface area (Å²) in [6, 6.07) is 0. The minimum atomic E-state index is -0.587. The van der Waals surface area contributed by atoms with Crippen LogP contribution in [0.25, 0.3) is 0 Å². The fraction of sp³-hybridized carbons (Fsp3) is 0. The van der Waals surface area contributed by atoms with E-state index in [2.05, 4.69) is 7.92 Å². The van der Waals surface area contributed by atoms with Gasteiger partial charge in [-0.15, -0.1) is 0 Å². The molecule has 3 heteroatoms. The molecule has 0 aliphatic carbocycles. The molecule has 0 bridgehead atoms. The predicted molar refractivity (Wildman–Crippen MR) is 18.4 cm³/mol. The van der Waals surface area contributed by atoms with Crippen molar-refractivity contribution in [2.75, 3.05) is 0 Å². The topological polar surface area (TPSA) is 21.6 Å². The molecule has 24 valence electrons. The van der Waals surface area contributed by atoms with Crippen molar-refractivity contribution in [1.82, 2.24) is 0 Å². The normalized spacial score (nSPS) is 14.4. The first kappa shape index (κ1) is 3.40. The van der Waals surface area contributed by atoms with E-state index in [0.29, 0.717) is 0 Å². The van der Waals surface area contributed by atoms with Crippen molar-refractivity contribution in [3.8, 4) is 0 Å². The predicted octanol–water partition coefficient (Wildman–Crippen LogP) is 0.291. The fourth-order valence-electron chi connectivity index (χ4n) is 0.176. The molecule has 1 rings (SSSR count). The van der Waals surface area contributed by atoms with Crippen LogP contribution in [0.1, 0.15) is 0 Å². The molecule has 1 aliphatic rings. The van der Waals surface area contributed by atoms with Crippen LogP contribution in [0.4, 0.5) is 0 Å². The average molecular weight is 171 g/mol. The second-order valence-corrected chi connectivity index (χ2v) is 3.24. The fourth-order valence-corrected chi connectivity index (χ4v) is 1.18. The van der Waals surface area contributed by atoms with E-state index in [1.54, 1.807) is 6.26 Å². The third-order valence-corrected chi connectivity index (χ3v) is 1.98. The number of hydrogen-bond acceptors (Lipinski definition) is 2. The Morgan fingerprint density at radius 3 is 3.00 bits per heavy atom. The first-order valence-corrected chi connectivity index (χ1v) is 4.72. The number of nitrogens with zero attached hydrogens (tertiary/aromatic N) is 1. The Bertz CT molecular complexity index is 67.7. The van der Waals surface area contributed by atoms with E-state index >= 15 is 0 Å². The molecule has 2 nitrogen and oxygen atoms in total. The molecule has 0 saturated heterocycles. The molecule has 0 fully saturated rings. The van der Waals surface area contributed by atoms with Crippen LogP contribution >= 0.6 is 0 Å². The quantitative estimate of drug-likeness (QED) is 0.513. The number of rotatable bonds is 0.